The van der Waals surface area contributed by atoms with E-state index < -0.39 is 23.8 Å². The van der Waals surface area contributed by atoms with Crippen LogP contribution in [0.25, 0.3) is 0 Å². The second-order valence-electron chi connectivity index (χ2n) is 5.27. The fourth-order valence-corrected chi connectivity index (χ4v) is 2.16. The number of rotatable bonds is 3. The average molecular weight is 294 g/mol. The minimum Gasteiger partial charge on any atom is -0.383 e. The fourth-order valence-electron chi connectivity index (χ4n) is 2.16. The number of aliphatic hydroxyl groups is 1. The number of alkyl halides is 3. The fraction of sp³-hybridized carbons (Fsp3) is 0.833. The first-order valence-corrected chi connectivity index (χ1v) is 6.47. The molecule has 0 amide bonds. The van der Waals surface area contributed by atoms with Crippen LogP contribution in [-0.2, 0) is 10.3 Å². The Bertz CT molecular complexity index is 455. The summed E-state index contributed by atoms with van der Waals surface area (Å²) in [5.41, 5.74) is -0.733. The third-order valence-corrected chi connectivity index (χ3v) is 3.58. The molecule has 20 heavy (non-hydrogen) atoms. The van der Waals surface area contributed by atoms with Crippen molar-refractivity contribution in [3.63, 3.8) is 0 Å². The maximum atomic E-state index is 12.5. The molecule has 1 fully saturated rings. The summed E-state index contributed by atoms with van der Waals surface area (Å²) in [5, 5.41) is 12.9. The highest BCUT2D eigenvalue weighted by atomic mass is 19.4. The highest BCUT2D eigenvalue weighted by Crippen LogP contribution is 2.35. The summed E-state index contributed by atoms with van der Waals surface area (Å²) in [6.45, 7) is 3.53. The SMILES string of the molecule is CC(c1nc(C2(C)CCCCO2)no1)C(O)C(F)(F)F. The number of halogens is 3. The van der Waals surface area contributed by atoms with Crippen molar-refractivity contribution in [1.29, 1.82) is 0 Å². The third kappa shape index (κ3) is 2.95. The molecule has 0 radical (unpaired) electrons. The van der Waals surface area contributed by atoms with E-state index in [0.717, 1.165) is 12.8 Å². The van der Waals surface area contributed by atoms with Gasteiger partial charge in [0.25, 0.3) is 0 Å². The Morgan fingerprint density at radius 3 is 2.60 bits per heavy atom. The van der Waals surface area contributed by atoms with Gasteiger partial charge in [0.1, 0.15) is 5.60 Å². The summed E-state index contributed by atoms with van der Waals surface area (Å²) in [7, 11) is 0. The number of ether oxygens (including phenoxy) is 1. The normalized spacial score (nSPS) is 27.3. The van der Waals surface area contributed by atoms with Crippen LogP contribution in [0.2, 0.25) is 0 Å². The Morgan fingerprint density at radius 1 is 1.35 bits per heavy atom. The zero-order valence-corrected chi connectivity index (χ0v) is 11.3. The summed E-state index contributed by atoms with van der Waals surface area (Å²) in [6.07, 6.45) is -4.71. The molecule has 1 aromatic heterocycles. The lowest BCUT2D eigenvalue weighted by Gasteiger charge is -2.30. The Labute approximate surface area is 114 Å². The van der Waals surface area contributed by atoms with Gasteiger partial charge >= 0.3 is 6.18 Å². The van der Waals surface area contributed by atoms with Gasteiger partial charge in [-0.15, -0.1) is 0 Å². The van der Waals surface area contributed by atoms with Gasteiger partial charge in [-0.05, 0) is 26.2 Å². The average Bonchev–Trinajstić information content (AvgIpc) is 2.87. The van der Waals surface area contributed by atoms with E-state index >= 15 is 0 Å². The third-order valence-electron chi connectivity index (χ3n) is 3.58. The van der Waals surface area contributed by atoms with E-state index in [-0.39, 0.29) is 11.7 Å². The van der Waals surface area contributed by atoms with Crippen molar-refractivity contribution >= 4 is 0 Å². The van der Waals surface area contributed by atoms with Crippen LogP contribution in [0.15, 0.2) is 4.52 Å². The number of hydrogen-bond acceptors (Lipinski definition) is 5. The molecule has 2 heterocycles. The molecule has 0 saturated carbocycles. The largest absolute Gasteiger partial charge is 0.415 e. The zero-order valence-electron chi connectivity index (χ0n) is 11.3. The van der Waals surface area contributed by atoms with Crippen molar-refractivity contribution in [2.45, 2.75) is 56.9 Å². The van der Waals surface area contributed by atoms with Crippen LogP contribution in [0.4, 0.5) is 13.2 Å². The first-order chi connectivity index (χ1) is 9.24. The van der Waals surface area contributed by atoms with E-state index in [1.54, 1.807) is 6.92 Å². The lowest BCUT2D eigenvalue weighted by molar-refractivity contribution is -0.210. The molecule has 5 nitrogen and oxygen atoms in total. The quantitative estimate of drug-likeness (QED) is 0.927. The molecule has 0 aromatic carbocycles. The van der Waals surface area contributed by atoms with Crippen molar-refractivity contribution in [2.24, 2.45) is 0 Å². The van der Waals surface area contributed by atoms with Gasteiger partial charge in [0.05, 0.1) is 5.92 Å². The molecule has 0 aliphatic carbocycles. The van der Waals surface area contributed by atoms with Crippen molar-refractivity contribution in [1.82, 2.24) is 10.1 Å². The molecule has 3 unspecified atom stereocenters. The molecular weight excluding hydrogens is 277 g/mol. The van der Waals surface area contributed by atoms with Crippen molar-refractivity contribution in [3.05, 3.63) is 11.7 Å². The van der Waals surface area contributed by atoms with Gasteiger partial charge in [-0.1, -0.05) is 12.1 Å². The number of aliphatic hydroxyl groups excluding tert-OH is 1. The minimum atomic E-state index is -4.72. The van der Waals surface area contributed by atoms with Gasteiger partial charge in [0.15, 0.2) is 6.10 Å². The minimum absolute atomic E-state index is 0.230. The van der Waals surface area contributed by atoms with Crippen LogP contribution in [0, 0.1) is 0 Å². The summed E-state index contributed by atoms with van der Waals surface area (Å²) in [4.78, 5) is 3.98. The summed E-state index contributed by atoms with van der Waals surface area (Å²) >= 11 is 0. The standard InChI is InChI=1S/C12H17F3N2O3/c1-7(8(18)12(13,14)15)9-16-10(17-20-9)11(2)5-3-4-6-19-11/h7-8,18H,3-6H2,1-2H3. The summed E-state index contributed by atoms with van der Waals surface area (Å²) in [5.74, 6) is -1.32. The van der Waals surface area contributed by atoms with Gasteiger partial charge in [-0.2, -0.15) is 18.2 Å². The van der Waals surface area contributed by atoms with Gasteiger partial charge in [0, 0.05) is 6.61 Å². The van der Waals surface area contributed by atoms with E-state index in [0.29, 0.717) is 13.0 Å². The van der Waals surface area contributed by atoms with E-state index in [2.05, 4.69) is 10.1 Å². The molecule has 1 aromatic rings. The molecule has 8 heteroatoms. The molecular formula is C12H17F3N2O3. The highest BCUT2D eigenvalue weighted by molar-refractivity contribution is 5.04. The first kappa shape index (κ1) is 15.2. The smallest absolute Gasteiger partial charge is 0.383 e. The maximum absolute atomic E-state index is 12.5. The predicted octanol–water partition coefficient (Wildman–Crippen LogP) is 2.51. The van der Waals surface area contributed by atoms with E-state index in [1.807, 2.05) is 0 Å². The van der Waals surface area contributed by atoms with Gasteiger partial charge < -0.3 is 14.4 Å². The van der Waals surface area contributed by atoms with Crippen LogP contribution >= 0.6 is 0 Å². The number of aromatic nitrogens is 2. The molecule has 1 saturated heterocycles. The zero-order chi connectivity index (χ0) is 15.0. The monoisotopic (exact) mass is 294 g/mol. The topological polar surface area (TPSA) is 68.4 Å². The molecule has 1 aliphatic rings. The maximum Gasteiger partial charge on any atom is 0.415 e. The van der Waals surface area contributed by atoms with Crippen LogP contribution in [0.3, 0.4) is 0 Å². The first-order valence-electron chi connectivity index (χ1n) is 6.47. The molecule has 0 spiro atoms. The molecule has 0 bridgehead atoms. The molecule has 2 rings (SSSR count). The lowest BCUT2D eigenvalue weighted by Crippen LogP contribution is -2.34. The highest BCUT2D eigenvalue weighted by Gasteiger charge is 2.45. The number of hydrogen-bond donors (Lipinski definition) is 1. The molecule has 3 atom stereocenters. The van der Waals surface area contributed by atoms with Gasteiger partial charge in [0.2, 0.25) is 11.7 Å². The Hall–Kier alpha value is -1.15. The molecule has 114 valence electrons. The van der Waals surface area contributed by atoms with Gasteiger partial charge in [-0.25, -0.2) is 0 Å². The Kier molecular flexibility index (Phi) is 4.06. The van der Waals surface area contributed by atoms with Crippen LogP contribution < -0.4 is 0 Å². The lowest BCUT2D eigenvalue weighted by atomic mass is 9.95. The van der Waals surface area contributed by atoms with E-state index in [4.69, 9.17) is 9.26 Å². The predicted molar refractivity (Wildman–Crippen MR) is 61.9 cm³/mol. The van der Waals surface area contributed by atoms with Crippen LogP contribution in [-0.4, -0.2) is 34.1 Å². The second-order valence-corrected chi connectivity index (χ2v) is 5.27. The Morgan fingerprint density at radius 2 is 2.05 bits per heavy atom. The van der Waals surface area contributed by atoms with E-state index in [9.17, 15) is 18.3 Å². The van der Waals surface area contributed by atoms with Gasteiger partial charge in [-0.3, -0.25) is 0 Å². The second kappa shape index (κ2) is 5.33. The molecule has 1 N–H and O–H groups in total. The van der Waals surface area contributed by atoms with Crippen LogP contribution in [0.1, 0.15) is 50.7 Å². The number of nitrogens with zero attached hydrogens (tertiary/aromatic N) is 2. The van der Waals surface area contributed by atoms with Crippen molar-refractivity contribution in [3.8, 4) is 0 Å². The molecule has 1 aliphatic heterocycles. The van der Waals surface area contributed by atoms with Crippen LogP contribution in [0.5, 0.6) is 0 Å². The van der Waals surface area contributed by atoms with Crippen molar-refractivity contribution in [2.75, 3.05) is 6.61 Å². The Balaban J connectivity index is 2.16. The van der Waals surface area contributed by atoms with Crippen molar-refractivity contribution < 1.29 is 27.5 Å². The van der Waals surface area contributed by atoms with E-state index in [1.165, 1.54) is 6.92 Å². The summed E-state index contributed by atoms with van der Waals surface area (Å²) in [6, 6.07) is 0. The summed E-state index contributed by atoms with van der Waals surface area (Å²) < 4.78 is 47.8.